The van der Waals surface area contributed by atoms with Crippen LogP contribution in [0.4, 0.5) is 0 Å². The van der Waals surface area contributed by atoms with Crippen molar-refractivity contribution in [1.82, 2.24) is 14.3 Å². The largest absolute Gasteiger partial charge is 0.493 e. The Balaban J connectivity index is 1.41. The number of carbonyl (C=O) groups is 2. The van der Waals surface area contributed by atoms with Gasteiger partial charge in [0.2, 0.25) is 0 Å². The summed E-state index contributed by atoms with van der Waals surface area (Å²) < 4.78 is 17.7. The summed E-state index contributed by atoms with van der Waals surface area (Å²) in [5, 5.41) is 0. The highest BCUT2D eigenvalue weighted by Gasteiger charge is 2.24. The predicted molar refractivity (Wildman–Crippen MR) is 109 cm³/mol. The van der Waals surface area contributed by atoms with Gasteiger partial charge in [0.15, 0.2) is 23.8 Å². The van der Waals surface area contributed by atoms with E-state index in [1.54, 1.807) is 25.3 Å². The molecule has 0 radical (unpaired) electrons. The molecule has 3 aromatic rings. The third-order valence-corrected chi connectivity index (χ3v) is 5.30. The molecule has 3 heterocycles. The molecule has 0 saturated carbocycles. The van der Waals surface area contributed by atoms with Gasteiger partial charge >= 0.3 is 5.97 Å². The molecular weight excluding hydrogens is 386 g/mol. The van der Waals surface area contributed by atoms with Crippen molar-refractivity contribution in [2.45, 2.75) is 19.9 Å². The van der Waals surface area contributed by atoms with Gasteiger partial charge in [-0.2, -0.15) is 0 Å². The van der Waals surface area contributed by atoms with Gasteiger partial charge in [-0.1, -0.05) is 6.07 Å². The minimum atomic E-state index is -0.615. The van der Waals surface area contributed by atoms with Crippen molar-refractivity contribution in [1.29, 1.82) is 0 Å². The number of carbonyl (C=O) groups excluding carboxylic acids is 2. The number of aromatic nitrogens is 2. The van der Waals surface area contributed by atoms with Crippen LogP contribution >= 0.6 is 0 Å². The molecule has 8 heteroatoms. The number of rotatable bonds is 5. The molecule has 0 atom stereocenters. The number of amides is 1. The molecule has 0 fully saturated rings. The fourth-order valence-electron chi connectivity index (χ4n) is 3.64. The van der Waals surface area contributed by atoms with Crippen LogP contribution in [-0.2, 0) is 22.5 Å². The number of esters is 1. The van der Waals surface area contributed by atoms with Crippen molar-refractivity contribution < 1.29 is 23.8 Å². The van der Waals surface area contributed by atoms with E-state index in [4.69, 9.17) is 14.2 Å². The Morgan fingerprint density at radius 3 is 2.53 bits per heavy atom. The summed E-state index contributed by atoms with van der Waals surface area (Å²) in [7, 11) is 3.18. The second-order valence-electron chi connectivity index (χ2n) is 7.14. The Hall–Kier alpha value is -3.55. The average Bonchev–Trinajstić information content (AvgIpc) is 3.21. The van der Waals surface area contributed by atoms with Gasteiger partial charge in [-0.3, -0.25) is 4.79 Å². The van der Waals surface area contributed by atoms with E-state index in [2.05, 4.69) is 4.98 Å². The molecule has 30 heavy (non-hydrogen) atoms. The Kier molecular flexibility index (Phi) is 5.31. The lowest BCUT2D eigenvalue weighted by Crippen LogP contribution is -2.38. The highest BCUT2D eigenvalue weighted by Crippen LogP contribution is 2.33. The number of ether oxygens (including phenoxy) is 3. The molecule has 1 aromatic carbocycles. The lowest BCUT2D eigenvalue weighted by Gasteiger charge is -2.29. The zero-order valence-electron chi connectivity index (χ0n) is 17.2. The standard InChI is InChI=1S/C22H23N3O5/c1-14-5-4-6-20-23-17(12-25(14)20)22(27)30-13-21(26)24-8-7-15-9-18(28-2)19(29-3)10-16(15)11-24/h4-6,9-10,12H,7-8,11,13H2,1-3H3. The second-order valence-corrected chi connectivity index (χ2v) is 7.14. The van der Waals surface area contributed by atoms with Crippen molar-refractivity contribution in [3.05, 3.63) is 59.0 Å². The quantitative estimate of drug-likeness (QED) is 0.602. The zero-order valence-corrected chi connectivity index (χ0v) is 17.2. The number of fused-ring (bicyclic) bond motifs is 2. The van der Waals surface area contributed by atoms with Crippen molar-refractivity contribution in [2.75, 3.05) is 27.4 Å². The van der Waals surface area contributed by atoms with E-state index >= 15 is 0 Å². The van der Waals surface area contributed by atoms with Crippen molar-refractivity contribution in [3.63, 3.8) is 0 Å². The summed E-state index contributed by atoms with van der Waals surface area (Å²) in [6, 6.07) is 9.44. The maximum absolute atomic E-state index is 12.6. The second kappa shape index (κ2) is 8.06. The summed E-state index contributed by atoms with van der Waals surface area (Å²) >= 11 is 0. The van der Waals surface area contributed by atoms with E-state index in [-0.39, 0.29) is 18.2 Å². The van der Waals surface area contributed by atoms with Crippen molar-refractivity contribution >= 4 is 17.5 Å². The van der Waals surface area contributed by atoms with E-state index in [0.717, 1.165) is 16.8 Å². The van der Waals surface area contributed by atoms with Crippen LogP contribution in [-0.4, -0.2) is 53.5 Å². The molecule has 0 spiro atoms. The normalized spacial score (nSPS) is 13.1. The lowest BCUT2D eigenvalue weighted by atomic mass is 9.99. The van der Waals surface area contributed by atoms with Crippen LogP contribution in [0, 0.1) is 6.92 Å². The molecule has 2 aromatic heterocycles. The van der Waals surface area contributed by atoms with Crippen LogP contribution in [0.5, 0.6) is 11.5 Å². The molecule has 0 bridgehead atoms. The van der Waals surface area contributed by atoms with E-state index in [0.29, 0.717) is 36.7 Å². The minimum absolute atomic E-state index is 0.179. The Bertz CT molecular complexity index is 1120. The summed E-state index contributed by atoms with van der Waals surface area (Å²) in [6.45, 7) is 2.58. The molecule has 4 rings (SSSR count). The van der Waals surface area contributed by atoms with Crippen molar-refractivity contribution in [3.8, 4) is 11.5 Å². The molecule has 8 nitrogen and oxygen atoms in total. The average molecular weight is 409 g/mol. The molecule has 0 unspecified atom stereocenters. The Morgan fingerprint density at radius 2 is 1.83 bits per heavy atom. The van der Waals surface area contributed by atoms with E-state index < -0.39 is 5.97 Å². The van der Waals surface area contributed by atoms with Crippen LogP contribution in [0.1, 0.15) is 27.3 Å². The monoisotopic (exact) mass is 409 g/mol. The number of imidazole rings is 1. The van der Waals surface area contributed by atoms with E-state index in [1.807, 2.05) is 41.7 Å². The van der Waals surface area contributed by atoms with Crippen LogP contribution in [0.15, 0.2) is 36.5 Å². The summed E-state index contributed by atoms with van der Waals surface area (Å²) in [4.78, 5) is 30.9. The van der Waals surface area contributed by atoms with Crippen LogP contribution < -0.4 is 9.47 Å². The number of aryl methyl sites for hydroxylation is 1. The summed E-state index contributed by atoms with van der Waals surface area (Å²) in [6.07, 6.45) is 2.31. The predicted octanol–water partition coefficient (Wildman–Crippen LogP) is 2.40. The van der Waals surface area contributed by atoms with Gasteiger partial charge in [0.1, 0.15) is 5.65 Å². The van der Waals surface area contributed by atoms with Gasteiger partial charge in [-0.05, 0) is 48.7 Å². The Labute approximate surface area is 174 Å². The first kappa shape index (κ1) is 19.8. The maximum Gasteiger partial charge on any atom is 0.359 e. The van der Waals surface area contributed by atoms with E-state index in [1.165, 1.54) is 0 Å². The zero-order chi connectivity index (χ0) is 21.3. The fourth-order valence-corrected chi connectivity index (χ4v) is 3.64. The van der Waals surface area contributed by atoms with Gasteiger partial charge in [0, 0.05) is 25.0 Å². The molecule has 0 saturated heterocycles. The van der Waals surface area contributed by atoms with Gasteiger partial charge in [-0.15, -0.1) is 0 Å². The van der Waals surface area contributed by atoms with Gasteiger partial charge in [0.25, 0.3) is 5.91 Å². The summed E-state index contributed by atoms with van der Waals surface area (Å²) in [5.41, 5.74) is 3.90. The number of hydrogen-bond donors (Lipinski definition) is 0. The van der Waals surface area contributed by atoms with Crippen molar-refractivity contribution in [2.24, 2.45) is 0 Å². The number of methoxy groups -OCH3 is 2. The number of benzene rings is 1. The smallest absolute Gasteiger partial charge is 0.359 e. The first-order valence-electron chi connectivity index (χ1n) is 9.63. The van der Waals surface area contributed by atoms with Crippen LogP contribution in [0.25, 0.3) is 5.65 Å². The van der Waals surface area contributed by atoms with Gasteiger partial charge in [0.05, 0.1) is 14.2 Å². The third kappa shape index (κ3) is 3.68. The van der Waals surface area contributed by atoms with Crippen LogP contribution in [0.2, 0.25) is 0 Å². The number of nitrogens with zero attached hydrogens (tertiary/aromatic N) is 3. The third-order valence-electron chi connectivity index (χ3n) is 5.30. The Morgan fingerprint density at radius 1 is 1.10 bits per heavy atom. The number of pyridine rings is 1. The highest BCUT2D eigenvalue weighted by molar-refractivity contribution is 5.90. The molecule has 156 valence electrons. The maximum atomic E-state index is 12.6. The molecule has 0 aliphatic carbocycles. The minimum Gasteiger partial charge on any atom is -0.493 e. The topological polar surface area (TPSA) is 82.4 Å². The fraction of sp³-hybridized carbons (Fsp3) is 0.318. The first-order chi connectivity index (χ1) is 14.5. The van der Waals surface area contributed by atoms with Crippen LogP contribution in [0.3, 0.4) is 0 Å². The molecular formula is C22H23N3O5. The highest BCUT2D eigenvalue weighted by atomic mass is 16.5. The molecule has 1 aliphatic heterocycles. The van der Waals surface area contributed by atoms with Gasteiger partial charge < -0.3 is 23.5 Å². The van der Waals surface area contributed by atoms with E-state index in [9.17, 15) is 9.59 Å². The summed E-state index contributed by atoms with van der Waals surface area (Å²) in [5.74, 6) is 0.436. The number of hydrogen-bond acceptors (Lipinski definition) is 6. The molecule has 1 aliphatic rings. The first-order valence-corrected chi connectivity index (χ1v) is 9.63. The molecule has 0 N–H and O–H groups in total. The molecule has 1 amide bonds. The SMILES string of the molecule is COc1cc2c(cc1OC)CN(C(=O)COC(=O)c1cn3c(C)cccc3n1)CC2. The van der Waals surface area contributed by atoms with Gasteiger partial charge in [-0.25, -0.2) is 9.78 Å². The lowest BCUT2D eigenvalue weighted by molar-refractivity contribution is -0.135.